The molecule has 7 fully saturated rings. The van der Waals surface area contributed by atoms with E-state index in [0.717, 1.165) is 27.7 Å². The minimum absolute atomic E-state index is 0.882. The number of carbonyl (C=O) groups excluding carboxylic acids is 4. The van der Waals surface area contributed by atoms with E-state index in [2.05, 4.69) is 5.32 Å². The fraction of sp³-hybridized carbons (Fsp3) is 0.909. The highest BCUT2D eigenvalue weighted by molar-refractivity contribution is 5.81. The summed E-state index contributed by atoms with van der Waals surface area (Å²) >= 11 is 0. The Morgan fingerprint density at radius 1 is 0.453 bits per heavy atom. The second-order valence-electron chi connectivity index (χ2n) is 19.5. The summed E-state index contributed by atoms with van der Waals surface area (Å²) in [4.78, 5) is 52.2. The molecule has 7 rings (SSSR count). The summed E-state index contributed by atoms with van der Waals surface area (Å²) in [6.07, 6.45) is -56.6. The molecule has 0 aromatic heterocycles. The van der Waals surface area contributed by atoms with Crippen LogP contribution in [0.3, 0.4) is 0 Å². The lowest BCUT2D eigenvalue weighted by atomic mass is 9.90. The van der Waals surface area contributed by atoms with Gasteiger partial charge >= 0.3 is 11.9 Å². The van der Waals surface area contributed by atoms with Gasteiger partial charge in [0.05, 0.1) is 31.5 Å². The molecule has 0 aromatic rings. The normalized spacial score (nSPS) is 49.9. The maximum atomic E-state index is 13.4. The molecule has 13 N–H and O–H groups in total. The number of ether oxygens (including phenoxy) is 14. The van der Waals surface area contributed by atoms with Crippen molar-refractivity contribution < 1.29 is 147 Å². The van der Waals surface area contributed by atoms with Crippen LogP contribution in [0.2, 0.25) is 0 Å². The molecule has 7 heterocycles. The third kappa shape index (κ3) is 12.5. The van der Waals surface area contributed by atoms with Gasteiger partial charge in [0, 0.05) is 20.8 Å². The van der Waals surface area contributed by atoms with Gasteiger partial charge in [-0.25, -0.2) is 0 Å². The molecule has 31 heteroatoms. The van der Waals surface area contributed by atoms with Crippen molar-refractivity contribution in [3.8, 4) is 0 Å². The van der Waals surface area contributed by atoms with Gasteiger partial charge < -0.3 is 133 Å². The van der Waals surface area contributed by atoms with E-state index in [1.807, 2.05) is 0 Å². The first-order chi connectivity index (χ1) is 35.3. The third-order valence-corrected chi connectivity index (χ3v) is 14.0. The number of carbonyl (C=O) groups is 4. The molecule has 7 aliphatic heterocycles. The number of aliphatic hydroxyl groups is 12. The molecule has 430 valence electrons. The Labute approximate surface area is 427 Å². The maximum absolute atomic E-state index is 13.4. The molecule has 7 aliphatic rings. The Bertz CT molecular complexity index is 1950. The first-order valence-corrected chi connectivity index (χ1v) is 24.3. The zero-order valence-corrected chi connectivity index (χ0v) is 41.5. The van der Waals surface area contributed by atoms with Crippen molar-refractivity contribution >= 4 is 23.6 Å². The summed E-state index contributed by atoms with van der Waals surface area (Å²) in [7, 11) is 0. The van der Waals surface area contributed by atoms with Crippen LogP contribution in [-0.4, -0.2) is 288 Å². The van der Waals surface area contributed by atoms with Gasteiger partial charge in [-0.2, -0.15) is 0 Å². The van der Waals surface area contributed by atoms with Gasteiger partial charge in [-0.05, 0) is 27.7 Å². The fourth-order valence-corrected chi connectivity index (χ4v) is 10.1. The lowest BCUT2D eigenvalue weighted by molar-refractivity contribution is -0.422. The van der Waals surface area contributed by atoms with Crippen LogP contribution in [0, 0.1) is 0 Å². The summed E-state index contributed by atoms with van der Waals surface area (Å²) < 4.78 is 85.7. The number of nitrogens with one attached hydrogen (secondary N) is 1. The zero-order valence-electron chi connectivity index (χ0n) is 41.5. The minimum atomic E-state index is -2.29. The van der Waals surface area contributed by atoms with Crippen molar-refractivity contribution in [1.29, 1.82) is 0 Å². The van der Waals surface area contributed by atoms with Crippen LogP contribution < -0.4 is 5.32 Å². The number of fused-ring (bicyclic) bond motifs is 6. The van der Waals surface area contributed by atoms with Crippen LogP contribution in [0.5, 0.6) is 0 Å². The van der Waals surface area contributed by atoms with Crippen LogP contribution in [0.4, 0.5) is 0 Å². The van der Waals surface area contributed by atoms with Crippen LogP contribution in [0.25, 0.3) is 0 Å². The van der Waals surface area contributed by atoms with Crippen molar-refractivity contribution in [2.45, 2.75) is 239 Å². The molecule has 4 bridgehead atoms. The molecule has 31 atom stereocenters. The van der Waals surface area contributed by atoms with E-state index in [9.17, 15) is 80.5 Å². The number of hydrogen-bond donors (Lipinski definition) is 13. The smallest absolute Gasteiger partial charge is 0.303 e. The standard InChI is InChI=1S/C44H69NO30/c1-10(48)20(52)33-37(74-41-28(60)25(57)23(55)18(9-47)68-41)32-19(45-14(5)49)39(71-33)75-38-36(66-16(7)51)31(65-15(6)50)13(4)64-44(38)73-35-26(58)21(53)11(2)62-43(35)72-34-29(61)42(70-32)63-12(3)30(34)69-40-27(59)24(56)22(54)17(8-46)67-40/h11-13,17-44,46-47,52-61H,8-9H2,1-7H3,(H,45,49)/t11-,12-,13-,17+,18+,19+,20?,21-,22+,23+,24-,25-,26+,27+,28+,29+,30-,31-,32+,33+,34-,35+,36+,37-,38+,39-,40+,41+,42-,43-,44-/m0/s1. The molecule has 0 spiro atoms. The van der Waals surface area contributed by atoms with Gasteiger partial charge in [0.1, 0.15) is 116 Å². The SMILES string of the molecule is CC(=O)N[C@H]1[C@@H]2O[C@H]3[C@H](O[C@H]4[C@H](O[C@H]5[C@@H](O)[C@H](O[C@H]1[C@H](O[C@H]1O[C@H](CO)[C@@H](O)[C@H](O)[C@H]1O)[C@@H](C(O)C(C)=O)O2)O[C@@H](C)[C@@H]5O[C@H]1O[C@H](CO)[C@@H](O)[C@H](O)[C@H]1O)O[C@@H](C)[C@H](O)[C@H]4O)O[C@@H](C)[C@H](OC(C)=O)[C@H]3OC(C)=O. The highest BCUT2D eigenvalue weighted by atomic mass is 16.8. The Hall–Kier alpha value is -2.88. The van der Waals surface area contributed by atoms with Crippen molar-refractivity contribution in [2.24, 2.45) is 0 Å². The van der Waals surface area contributed by atoms with Gasteiger partial charge in [0.15, 0.2) is 61.8 Å². The van der Waals surface area contributed by atoms with Gasteiger partial charge in [-0.15, -0.1) is 0 Å². The number of ketones is 1. The van der Waals surface area contributed by atoms with Gasteiger partial charge in [-0.1, -0.05) is 0 Å². The Morgan fingerprint density at radius 2 is 0.920 bits per heavy atom. The monoisotopic (exact) mass is 1090 g/mol. The number of hydrogen-bond acceptors (Lipinski definition) is 30. The largest absolute Gasteiger partial charge is 0.456 e. The van der Waals surface area contributed by atoms with Gasteiger partial charge in [0.25, 0.3) is 0 Å². The average Bonchev–Trinajstić information content (AvgIpc) is 3.34. The molecule has 1 unspecified atom stereocenters. The lowest BCUT2D eigenvalue weighted by Gasteiger charge is -2.54. The summed E-state index contributed by atoms with van der Waals surface area (Å²) in [5.41, 5.74) is 0. The predicted octanol–water partition coefficient (Wildman–Crippen LogP) is -8.73. The number of esters is 2. The minimum Gasteiger partial charge on any atom is -0.456 e. The van der Waals surface area contributed by atoms with E-state index >= 15 is 0 Å². The van der Waals surface area contributed by atoms with E-state index in [-0.39, 0.29) is 0 Å². The maximum Gasteiger partial charge on any atom is 0.303 e. The molecule has 0 aromatic carbocycles. The molecule has 31 nitrogen and oxygen atoms in total. The molecule has 1 amide bonds. The van der Waals surface area contributed by atoms with Gasteiger partial charge in [0.2, 0.25) is 5.91 Å². The highest BCUT2D eigenvalue weighted by Crippen LogP contribution is 2.41. The van der Waals surface area contributed by atoms with Crippen molar-refractivity contribution in [2.75, 3.05) is 13.2 Å². The van der Waals surface area contributed by atoms with Crippen LogP contribution in [0.15, 0.2) is 0 Å². The van der Waals surface area contributed by atoms with Crippen LogP contribution >= 0.6 is 0 Å². The first-order valence-electron chi connectivity index (χ1n) is 24.3. The second-order valence-corrected chi connectivity index (χ2v) is 19.5. The van der Waals surface area contributed by atoms with E-state index < -0.39 is 227 Å². The molecule has 0 saturated carbocycles. The number of rotatable bonds is 11. The Morgan fingerprint density at radius 3 is 1.45 bits per heavy atom. The first kappa shape index (κ1) is 59.8. The quantitative estimate of drug-likeness (QED) is 0.0855. The lowest BCUT2D eigenvalue weighted by Crippen LogP contribution is -2.73. The van der Waals surface area contributed by atoms with Gasteiger partial charge in [-0.3, -0.25) is 19.2 Å². The topological polar surface area (TPSA) is 452 Å². The van der Waals surface area contributed by atoms with E-state index in [4.69, 9.17) is 66.3 Å². The second kappa shape index (κ2) is 24.6. The molecular formula is C44H69NO30. The third-order valence-electron chi connectivity index (χ3n) is 14.0. The van der Waals surface area contributed by atoms with Crippen molar-refractivity contribution in [3.05, 3.63) is 0 Å². The number of Topliss-reactive ketones (excluding diaryl/α,β-unsaturated/α-hetero) is 1. The highest BCUT2D eigenvalue weighted by Gasteiger charge is 2.62. The van der Waals surface area contributed by atoms with E-state index in [0.29, 0.717) is 0 Å². The molecule has 75 heavy (non-hydrogen) atoms. The molecular weight excluding hydrogens is 1020 g/mol. The fourth-order valence-electron chi connectivity index (χ4n) is 10.1. The molecule has 0 radical (unpaired) electrons. The van der Waals surface area contributed by atoms with Crippen molar-refractivity contribution in [1.82, 2.24) is 5.32 Å². The van der Waals surface area contributed by atoms with Crippen LogP contribution in [-0.2, 0) is 85.5 Å². The zero-order chi connectivity index (χ0) is 55.2. The predicted molar refractivity (Wildman–Crippen MR) is 232 cm³/mol. The summed E-state index contributed by atoms with van der Waals surface area (Å²) in [6.45, 7) is 6.16. The summed E-state index contributed by atoms with van der Waals surface area (Å²) in [6, 6.07) is -1.88. The van der Waals surface area contributed by atoms with E-state index in [1.165, 1.54) is 20.8 Å². The number of amides is 1. The Balaban J connectivity index is 1.43. The average molecular weight is 1090 g/mol. The van der Waals surface area contributed by atoms with Crippen LogP contribution in [0.1, 0.15) is 48.5 Å². The number of aliphatic hydroxyl groups excluding tert-OH is 12. The van der Waals surface area contributed by atoms with Crippen molar-refractivity contribution in [3.63, 3.8) is 0 Å². The van der Waals surface area contributed by atoms with E-state index in [1.54, 1.807) is 0 Å². The summed E-state index contributed by atoms with van der Waals surface area (Å²) in [5.74, 6) is -3.82. The molecule has 0 aliphatic carbocycles. The summed E-state index contributed by atoms with van der Waals surface area (Å²) in [5, 5.41) is 135. The Kier molecular flexibility index (Phi) is 19.6. The molecule has 7 saturated heterocycles.